The summed E-state index contributed by atoms with van der Waals surface area (Å²) in [5.41, 5.74) is 4.17. The molecule has 0 radical (unpaired) electrons. The smallest absolute Gasteiger partial charge is 0.341 e. The highest BCUT2D eigenvalue weighted by molar-refractivity contribution is 9.10. The molecule has 0 aliphatic rings. The Morgan fingerprint density at radius 3 is 2.39 bits per heavy atom. The molecule has 0 unspecified atom stereocenters. The number of carbonyl (C=O) groups is 2. The minimum Gasteiger partial charge on any atom is -0.462 e. The molecule has 1 heterocycles. The Morgan fingerprint density at radius 2 is 1.77 bits per heavy atom. The molecule has 2 aromatic carbocycles. The number of benzene rings is 2. The van der Waals surface area contributed by atoms with Gasteiger partial charge in [-0.05, 0) is 47.7 Å². The number of nitrogens with one attached hydrogen (secondary N) is 1. The molecule has 0 bridgehead atoms. The SMILES string of the molecule is CCOC(=O)c1c(-c2ccc(Br)cc2)csc1NC(=O)C=Cc1ccc(C(C)C)cc1. The monoisotopic (exact) mass is 497 g/mol. The zero-order valence-corrected chi connectivity index (χ0v) is 20.0. The lowest BCUT2D eigenvalue weighted by molar-refractivity contribution is -0.111. The predicted molar refractivity (Wildman–Crippen MR) is 132 cm³/mol. The lowest BCUT2D eigenvalue weighted by Crippen LogP contribution is -2.12. The third-order valence-corrected chi connectivity index (χ3v) is 6.12. The molecule has 3 aromatic rings. The second-order valence-corrected chi connectivity index (χ2v) is 9.02. The van der Waals surface area contributed by atoms with Gasteiger partial charge in [0, 0.05) is 21.5 Å². The minimum atomic E-state index is -0.453. The highest BCUT2D eigenvalue weighted by Crippen LogP contribution is 2.36. The molecule has 6 heteroatoms. The molecule has 1 amide bonds. The van der Waals surface area contributed by atoms with Gasteiger partial charge in [-0.3, -0.25) is 4.79 Å². The highest BCUT2D eigenvalue weighted by atomic mass is 79.9. The van der Waals surface area contributed by atoms with E-state index in [0.29, 0.717) is 16.5 Å². The molecular formula is C25H24BrNO3S. The van der Waals surface area contributed by atoms with Gasteiger partial charge >= 0.3 is 5.97 Å². The molecule has 0 aliphatic heterocycles. The maximum absolute atomic E-state index is 12.6. The molecule has 0 spiro atoms. The van der Waals surface area contributed by atoms with Gasteiger partial charge in [0.2, 0.25) is 5.91 Å². The Kier molecular flexibility index (Phi) is 7.82. The van der Waals surface area contributed by atoms with Gasteiger partial charge in [-0.1, -0.05) is 66.2 Å². The van der Waals surface area contributed by atoms with Crippen molar-refractivity contribution in [2.45, 2.75) is 26.7 Å². The molecule has 0 saturated heterocycles. The minimum absolute atomic E-state index is 0.258. The van der Waals surface area contributed by atoms with Crippen LogP contribution in [0, 0.1) is 0 Å². The lowest BCUT2D eigenvalue weighted by Gasteiger charge is -2.08. The number of amides is 1. The third kappa shape index (κ3) is 5.93. The predicted octanol–water partition coefficient (Wildman–Crippen LogP) is 7.13. The van der Waals surface area contributed by atoms with Crippen LogP contribution in [0.1, 0.15) is 48.2 Å². The Labute approximate surface area is 195 Å². The summed E-state index contributed by atoms with van der Waals surface area (Å²) >= 11 is 4.73. The molecule has 0 atom stereocenters. The van der Waals surface area contributed by atoms with Crippen molar-refractivity contribution in [2.75, 3.05) is 11.9 Å². The van der Waals surface area contributed by atoms with Crippen LogP contribution in [0.3, 0.4) is 0 Å². The van der Waals surface area contributed by atoms with Crippen LogP contribution in [0.4, 0.5) is 5.00 Å². The van der Waals surface area contributed by atoms with E-state index in [0.717, 1.165) is 21.2 Å². The molecule has 0 fully saturated rings. The van der Waals surface area contributed by atoms with Crippen LogP contribution in [0.15, 0.2) is 64.5 Å². The molecule has 0 aliphatic carbocycles. The Balaban J connectivity index is 1.82. The zero-order chi connectivity index (χ0) is 22.4. The van der Waals surface area contributed by atoms with E-state index >= 15 is 0 Å². The second kappa shape index (κ2) is 10.6. The molecular weight excluding hydrogens is 474 g/mol. The first-order valence-electron chi connectivity index (χ1n) is 10.0. The molecule has 31 heavy (non-hydrogen) atoms. The van der Waals surface area contributed by atoms with E-state index in [4.69, 9.17) is 4.74 Å². The zero-order valence-electron chi connectivity index (χ0n) is 17.6. The number of hydrogen-bond donors (Lipinski definition) is 1. The lowest BCUT2D eigenvalue weighted by atomic mass is 10.0. The molecule has 3 rings (SSSR count). The van der Waals surface area contributed by atoms with Crippen LogP contribution in [-0.4, -0.2) is 18.5 Å². The summed E-state index contributed by atoms with van der Waals surface area (Å²) in [6.45, 7) is 6.30. The summed E-state index contributed by atoms with van der Waals surface area (Å²) in [6.07, 6.45) is 3.23. The molecule has 160 valence electrons. The Hall–Kier alpha value is -2.70. The average molecular weight is 498 g/mol. The summed E-state index contributed by atoms with van der Waals surface area (Å²) in [5.74, 6) is -0.297. The van der Waals surface area contributed by atoms with Gasteiger partial charge in [0.05, 0.1) is 6.61 Å². The fourth-order valence-electron chi connectivity index (χ4n) is 3.02. The first-order valence-corrected chi connectivity index (χ1v) is 11.7. The maximum Gasteiger partial charge on any atom is 0.341 e. The standard InChI is InChI=1S/C25H24BrNO3S/c1-4-30-25(29)23-21(19-10-12-20(26)13-11-19)15-31-24(23)27-22(28)14-7-17-5-8-18(9-6-17)16(2)3/h5-16H,4H2,1-3H3,(H,27,28). The fraction of sp³-hybridized carbons (Fsp3) is 0.200. The molecule has 1 N–H and O–H groups in total. The largest absolute Gasteiger partial charge is 0.462 e. The first kappa shape index (κ1) is 23.0. The van der Waals surface area contributed by atoms with Crippen molar-refractivity contribution < 1.29 is 14.3 Å². The van der Waals surface area contributed by atoms with Crippen molar-refractivity contribution in [1.82, 2.24) is 0 Å². The number of carbonyl (C=O) groups excluding carboxylic acids is 2. The number of anilines is 1. The van der Waals surface area contributed by atoms with Gasteiger partial charge in [-0.15, -0.1) is 11.3 Å². The average Bonchev–Trinajstić information content (AvgIpc) is 3.16. The number of thiophene rings is 1. The normalized spacial score (nSPS) is 11.1. The van der Waals surface area contributed by atoms with Crippen LogP contribution < -0.4 is 5.32 Å². The number of halogens is 1. The topological polar surface area (TPSA) is 55.4 Å². The van der Waals surface area contributed by atoms with E-state index in [2.05, 4.69) is 47.2 Å². The van der Waals surface area contributed by atoms with Crippen LogP contribution in [-0.2, 0) is 9.53 Å². The van der Waals surface area contributed by atoms with E-state index in [1.807, 2.05) is 41.8 Å². The summed E-state index contributed by atoms with van der Waals surface area (Å²) in [7, 11) is 0. The summed E-state index contributed by atoms with van der Waals surface area (Å²) < 4.78 is 6.19. The van der Waals surface area contributed by atoms with Gasteiger partial charge in [-0.2, -0.15) is 0 Å². The van der Waals surface area contributed by atoms with Crippen molar-refractivity contribution in [3.8, 4) is 11.1 Å². The van der Waals surface area contributed by atoms with Gasteiger partial charge in [0.25, 0.3) is 0 Å². The van der Waals surface area contributed by atoms with E-state index in [9.17, 15) is 9.59 Å². The van der Waals surface area contributed by atoms with Crippen molar-refractivity contribution in [3.05, 3.63) is 81.2 Å². The van der Waals surface area contributed by atoms with Gasteiger partial charge in [0.15, 0.2) is 0 Å². The van der Waals surface area contributed by atoms with Crippen molar-refractivity contribution in [1.29, 1.82) is 0 Å². The summed E-state index contributed by atoms with van der Waals surface area (Å²) in [4.78, 5) is 25.2. The maximum atomic E-state index is 12.6. The van der Waals surface area contributed by atoms with Crippen molar-refractivity contribution >= 4 is 50.2 Å². The Bertz CT molecular complexity index is 1080. The number of hydrogen-bond acceptors (Lipinski definition) is 4. The quantitative estimate of drug-likeness (QED) is 0.279. The van der Waals surface area contributed by atoms with Gasteiger partial charge in [-0.25, -0.2) is 4.79 Å². The fourth-order valence-corrected chi connectivity index (χ4v) is 4.24. The van der Waals surface area contributed by atoms with Crippen LogP contribution in [0.5, 0.6) is 0 Å². The van der Waals surface area contributed by atoms with Crippen LogP contribution in [0.25, 0.3) is 17.2 Å². The number of ether oxygens (including phenoxy) is 1. The summed E-state index contributed by atoms with van der Waals surface area (Å²) in [6, 6.07) is 15.7. The van der Waals surface area contributed by atoms with Crippen molar-refractivity contribution in [2.24, 2.45) is 0 Å². The molecule has 1 aromatic heterocycles. The Morgan fingerprint density at radius 1 is 1.10 bits per heavy atom. The number of esters is 1. The number of rotatable bonds is 7. The third-order valence-electron chi connectivity index (χ3n) is 4.69. The van der Waals surface area contributed by atoms with Crippen LogP contribution >= 0.6 is 27.3 Å². The van der Waals surface area contributed by atoms with E-state index in [1.165, 1.54) is 23.0 Å². The summed E-state index contributed by atoms with van der Waals surface area (Å²) in [5, 5.41) is 5.17. The van der Waals surface area contributed by atoms with E-state index < -0.39 is 5.97 Å². The van der Waals surface area contributed by atoms with E-state index in [-0.39, 0.29) is 12.5 Å². The second-order valence-electron chi connectivity index (χ2n) is 7.22. The first-order chi connectivity index (χ1) is 14.9. The van der Waals surface area contributed by atoms with Gasteiger partial charge in [0.1, 0.15) is 10.6 Å². The van der Waals surface area contributed by atoms with Gasteiger partial charge < -0.3 is 10.1 Å². The molecule has 0 saturated carbocycles. The highest BCUT2D eigenvalue weighted by Gasteiger charge is 2.22. The molecule has 4 nitrogen and oxygen atoms in total. The van der Waals surface area contributed by atoms with E-state index in [1.54, 1.807) is 13.0 Å². The van der Waals surface area contributed by atoms with Crippen molar-refractivity contribution in [3.63, 3.8) is 0 Å². The van der Waals surface area contributed by atoms with Crippen LogP contribution in [0.2, 0.25) is 0 Å².